The molecule has 0 radical (unpaired) electrons. The van der Waals surface area contributed by atoms with E-state index in [1.165, 1.54) is 18.2 Å². The number of carbonyl (C=O) groups is 2. The zero-order valence-electron chi connectivity index (χ0n) is 19.5. The van der Waals surface area contributed by atoms with Crippen molar-refractivity contribution >= 4 is 44.8 Å². The third-order valence-electron chi connectivity index (χ3n) is 6.04. The fourth-order valence-electron chi connectivity index (χ4n) is 3.93. The van der Waals surface area contributed by atoms with Crippen LogP contribution in [0.2, 0.25) is 5.02 Å². The maximum absolute atomic E-state index is 13.1. The van der Waals surface area contributed by atoms with Gasteiger partial charge in [0.05, 0.1) is 16.3 Å². The number of para-hydroxylation sites is 1. The first-order chi connectivity index (χ1) is 16.7. The minimum absolute atomic E-state index is 0.0116. The Hall–Kier alpha value is -3.36. The van der Waals surface area contributed by atoms with Crippen LogP contribution in [-0.4, -0.2) is 38.2 Å². The summed E-state index contributed by atoms with van der Waals surface area (Å²) in [5.41, 5.74) is 3.22. The van der Waals surface area contributed by atoms with Crippen molar-refractivity contribution in [2.24, 2.45) is 0 Å². The van der Waals surface area contributed by atoms with E-state index in [4.69, 9.17) is 11.6 Å². The van der Waals surface area contributed by atoms with Gasteiger partial charge in [-0.05, 0) is 80.3 Å². The monoisotopic (exact) mass is 511 g/mol. The topological polar surface area (TPSA) is 95.6 Å². The number of amides is 2. The van der Waals surface area contributed by atoms with Gasteiger partial charge >= 0.3 is 0 Å². The molecule has 0 aromatic heterocycles. The van der Waals surface area contributed by atoms with E-state index >= 15 is 0 Å². The van der Waals surface area contributed by atoms with Crippen molar-refractivity contribution in [1.29, 1.82) is 0 Å². The lowest BCUT2D eigenvalue weighted by atomic mass is 10.1. The number of carbonyl (C=O) groups excluding carboxylic acids is 2. The fraction of sp³-hybridized carbons (Fsp3) is 0.231. The summed E-state index contributed by atoms with van der Waals surface area (Å²) in [6.07, 6.45) is 1.91. The fourth-order valence-corrected chi connectivity index (χ4v) is 5.51. The summed E-state index contributed by atoms with van der Waals surface area (Å²) in [7, 11) is -4.06. The van der Waals surface area contributed by atoms with Gasteiger partial charge in [0.1, 0.15) is 4.90 Å². The second-order valence-corrected chi connectivity index (χ2v) is 10.6. The Kier molecular flexibility index (Phi) is 7.14. The normalized spacial score (nSPS) is 13.5. The standard InChI is InChI=1S/C26H26ClN3O4S/c1-17-9-11-20(15-18(17)2)29-35(33,34)24-16-19(10-12-22(24)27)25(31)28-23-8-4-3-7-21(23)26(32)30-13-5-6-14-30/h3-4,7-12,15-16,29H,5-6,13-14H2,1-2H3,(H,28,31). The zero-order valence-corrected chi connectivity index (χ0v) is 21.0. The van der Waals surface area contributed by atoms with Crippen LogP contribution in [0.1, 0.15) is 44.7 Å². The molecule has 4 rings (SSSR count). The van der Waals surface area contributed by atoms with Crippen molar-refractivity contribution in [2.45, 2.75) is 31.6 Å². The summed E-state index contributed by atoms with van der Waals surface area (Å²) in [6.45, 7) is 5.20. The number of hydrogen-bond acceptors (Lipinski definition) is 4. The summed E-state index contributed by atoms with van der Waals surface area (Å²) in [6, 6.07) is 16.0. The molecule has 0 aliphatic carbocycles. The SMILES string of the molecule is Cc1ccc(NS(=O)(=O)c2cc(C(=O)Nc3ccccc3C(=O)N3CCCC3)ccc2Cl)cc1C. The average molecular weight is 512 g/mol. The van der Waals surface area contributed by atoms with Crippen molar-refractivity contribution < 1.29 is 18.0 Å². The molecular weight excluding hydrogens is 486 g/mol. The van der Waals surface area contributed by atoms with Crippen LogP contribution >= 0.6 is 11.6 Å². The Morgan fingerprint density at radius 2 is 1.63 bits per heavy atom. The van der Waals surface area contributed by atoms with Gasteiger partial charge in [-0.25, -0.2) is 8.42 Å². The van der Waals surface area contributed by atoms with Crippen molar-refractivity contribution in [2.75, 3.05) is 23.1 Å². The number of benzene rings is 3. The molecular formula is C26H26ClN3O4S. The van der Waals surface area contributed by atoms with E-state index in [0.717, 1.165) is 24.0 Å². The van der Waals surface area contributed by atoms with Crippen LogP contribution in [0.5, 0.6) is 0 Å². The van der Waals surface area contributed by atoms with Crippen LogP contribution in [0.25, 0.3) is 0 Å². The largest absolute Gasteiger partial charge is 0.339 e. The molecule has 35 heavy (non-hydrogen) atoms. The number of anilines is 2. The van der Waals surface area contributed by atoms with Gasteiger partial charge in [0.15, 0.2) is 0 Å². The first-order valence-electron chi connectivity index (χ1n) is 11.2. The summed E-state index contributed by atoms with van der Waals surface area (Å²) >= 11 is 6.21. The highest BCUT2D eigenvalue weighted by Gasteiger charge is 2.24. The van der Waals surface area contributed by atoms with Gasteiger partial charge in [-0.3, -0.25) is 14.3 Å². The lowest BCUT2D eigenvalue weighted by Gasteiger charge is -2.18. The van der Waals surface area contributed by atoms with Crippen molar-refractivity contribution in [3.05, 3.63) is 87.9 Å². The van der Waals surface area contributed by atoms with Crippen LogP contribution in [0.3, 0.4) is 0 Å². The lowest BCUT2D eigenvalue weighted by Crippen LogP contribution is -2.28. The van der Waals surface area contributed by atoms with Crippen molar-refractivity contribution in [1.82, 2.24) is 4.90 Å². The van der Waals surface area contributed by atoms with E-state index in [1.807, 2.05) is 19.9 Å². The average Bonchev–Trinajstić information content (AvgIpc) is 3.36. The quantitative estimate of drug-likeness (QED) is 0.472. The molecule has 2 N–H and O–H groups in total. The number of sulfonamides is 1. The Morgan fingerprint density at radius 1 is 0.914 bits per heavy atom. The first-order valence-corrected chi connectivity index (χ1v) is 13.1. The number of hydrogen-bond donors (Lipinski definition) is 2. The third-order valence-corrected chi connectivity index (χ3v) is 7.90. The molecule has 7 nitrogen and oxygen atoms in total. The Labute approximate surface area is 210 Å². The second kappa shape index (κ2) is 10.1. The smallest absolute Gasteiger partial charge is 0.263 e. The van der Waals surface area contributed by atoms with Gasteiger partial charge in [0.2, 0.25) is 0 Å². The number of likely N-dealkylation sites (tertiary alicyclic amines) is 1. The number of nitrogens with one attached hydrogen (secondary N) is 2. The van der Waals surface area contributed by atoms with Gasteiger partial charge < -0.3 is 10.2 Å². The molecule has 0 atom stereocenters. The zero-order chi connectivity index (χ0) is 25.2. The molecule has 1 aliphatic rings. The number of aryl methyl sites for hydroxylation is 2. The summed E-state index contributed by atoms with van der Waals surface area (Å²) in [5.74, 6) is -0.693. The highest BCUT2D eigenvalue weighted by Crippen LogP contribution is 2.27. The van der Waals surface area contributed by atoms with E-state index in [0.29, 0.717) is 30.0 Å². The molecule has 9 heteroatoms. The van der Waals surface area contributed by atoms with Crippen LogP contribution in [0, 0.1) is 13.8 Å². The van der Waals surface area contributed by atoms with Crippen LogP contribution < -0.4 is 10.0 Å². The van der Waals surface area contributed by atoms with Crippen molar-refractivity contribution in [3.8, 4) is 0 Å². The highest BCUT2D eigenvalue weighted by molar-refractivity contribution is 7.92. The molecule has 0 spiro atoms. The minimum atomic E-state index is -4.06. The van der Waals surface area contributed by atoms with E-state index < -0.39 is 15.9 Å². The molecule has 0 saturated carbocycles. The lowest BCUT2D eigenvalue weighted by molar-refractivity contribution is 0.0794. The predicted octanol–water partition coefficient (Wildman–Crippen LogP) is 5.25. The van der Waals surface area contributed by atoms with E-state index in [-0.39, 0.29) is 21.4 Å². The van der Waals surface area contributed by atoms with Crippen molar-refractivity contribution in [3.63, 3.8) is 0 Å². The minimum Gasteiger partial charge on any atom is -0.339 e. The number of rotatable bonds is 6. The van der Waals surface area contributed by atoms with Crippen LogP contribution in [0.4, 0.5) is 11.4 Å². The molecule has 3 aromatic rings. The number of nitrogens with zero attached hydrogens (tertiary/aromatic N) is 1. The molecule has 1 fully saturated rings. The molecule has 0 bridgehead atoms. The number of halogens is 1. The van der Waals surface area contributed by atoms with Gasteiger partial charge in [-0.15, -0.1) is 0 Å². The summed E-state index contributed by atoms with van der Waals surface area (Å²) in [5, 5.41) is 2.74. The highest BCUT2D eigenvalue weighted by atomic mass is 35.5. The van der Waals surface area contributed by atoms with Crippen LogP contribution in [-0.2, 0) is 10.0 Å². The molecule has 2 amide bonds. The molecule has 182 valence electrons. The summed E-state index contributed by atoms with van der Waals surface area (Å²) in [4.78, 5) is 27.5. The third kappa shape index (κ3) is 5.49. The van der Waals surface area contributed by atoms with Gasteiger partial charge in [0, 0.05) is 24.3 Å². The predicted molar refractivity (Wildman–Crippen MR) is 138 cm³/mol. The van der Waals surface area contributed by atoms with E-state index in [9.17, 15) is 18.0 Å². The van der Waals surface area contributed by atoms with Gasteiger partial charge in [0.25, 0.3) is 21.8 Å². The summed E-state index contributed by atoms with van der Waals surface area (Å²) < 4.78 is 28.6. The molecule has 1 aliphatic heterocycles. The molecule has 1 saturated heterocycles. The first kappa shape index (κ1) is 24.8. The van der Waals surface area contributed by atoms with Gasteiger partial charge in [-0.2, -0.15) is 0 Å². The molecule has 1 heterocycles. The second-order valence-electron chi connectivity index (χ2n) is 8.55. The van der Waals surface area contributed by atoms with Gasteiger partial charge in [-0.1, -0.05) is 29.8 Å². The maximum Gasteiger partial charge on any atom is 0.263 e. The van der Waals surface area contributed by atoms with E-state index in [1.54, 1.807) is 41.3 Å². The van der Waals surface area contributed by atoms with E-state index in [2.05, 4.69) is 10.0 Å². The van der Waals surface area contributed by atoms with Crippen LogP contribution in [0.15, 0.2) is 65.6 Å². The Balaban J connectivity index is 1.59. The molecule has 0 unspecified atom stereocenters. The molecule has 3 aromatic carbocycles. The Bertz CT molecular complexity index is 1400. The Morgan fingerprint density at radius 3 is 2.34 bits per heavy atom. The maximum atomic E-state index is 13.1.